The molecule has 0 radical (unpaired) electrons. The minimum absolute atomic E-state index is 0.134. The van der Waals surface area contributed by atoms with E-state index in [9.17, 15) is 8.42 Å². The maximum Gasteiger partial charge on any atom is 0.296 e. The fourth-order valence-corrected chi connectivity index (χ4v) is 3.12. The van der Waals surface area contributed by atoms with Gasteiger partial charge in [0.2, 0.25) is 0 Å². The molecule has 1 aromatic carbocycles. The molecule has 0 saturated heterocycles. The Morgan fingerprint density at radius 2 is 1.90 bits per heavy atom. The highest BCUT2D eigenvalue weighted by atomic mass is 35.7. The third-order valence-electron chi connectivity index (χ3n) is 3.42. The Bertz CT molecular complexity index is 733. The van der Waals surface area contributed by atoms with Crippen LogP contribution in [0.2, 0.25) is 0 Å². The monoisotopic (exact) mass is 311 g/mol. The molecule has 3 rings (SSSR count). The fourth-order valence-electron chi connectivity index (χ4n) is 2.19. The molecule has 0 N–H and O–H groups in total. The normalized spacial score (nSPS) is 15.5. The van der Waals surface area contributed by atoms with Crippen molar-refractivity contribution in [3.63, 3.8) is 0 Å². The lowest BCUT2D eigenvalue weighted by Crippen LogP contribution is -2.06. The Morgan fingerprint density at radius 3 is 2.40 bits per heavy atom. The van der Waals surface area contributed by atoms with Crippen LogP contribution in [0.15, 0.2) is 29.4 Å². The summed E-state index contributed by atoms with van der Waals surface area (Å²) in [6, 6.07) is 8.03. The smallest absolute Gasteiger partial charge is 0.294 e. The maximum absolute atomic E-state index is 11.6. The highest BCUT2D eigenvalue weighted by molar-refractivity contribution is 8.13. The summed E-state index contributed by atoms with van der Waals surface area (Å²) < 4.78 is 24.8. The van der Waals surface area contributed by atoms with E-state index < -0.39 is 9.05 Å². The number of nitrogens with zero attached hydrogens (tertiary/aromatic N) is 3. The number of hydrogen-bond acceptors (Lipinski definition) is 4. The van der Waals surface area contributed by atoms with Crippen LogP contribution in [-0.4, -0.2) is 23.2 Å². The van der Waals surface area contributed by atoms with E-state index >= 15 is 0 Å². The number of aryl methyl sites for hydroxylation is 1. The van der Waals surface area contributed by atoms with E-state index in [4.69, 9.17) is 10.7 Å². The second-order valence-corrected chi connectivity index (χ2v) is 7.36. The first-order valence-corrected chi connectivity index (χ1v) is 8.80. The van der Waals surface area contributed by atoms with E-state index in [0.29, 0.717) is 5.82 Å². The van der Waals surface area contributed by atoms with Gasteiger partial charge in [-0.25, -0.2) is 8.42 Å². The van der Waals surface area contributed by atoms with Crippen LogP contribution < -0.4 is 0 Å². The molecule has 1 heterocycles. The Kier molecular flexibility index (Phi) is 3.30. The first-order valence-electron chi connectivity index (χ1n) is 6.49. The van der Waals surface area contributed by atoms with E-state index in [1.807, 2.05) is 24.3 Å². The largest absolute Gasteiger partial charge is 0.296 e. The molecule has 0 unspecified atom stereocenters. The molecule has 1 fully saturated rings. The molecule has 106 valence electrons. The SMILES string of the molecule is CCc1ccc(-c2nnc(S(=O)(=O)Cl)n2C2CC2)cc1. The highest BCUT2D eigenvalue weighted by Gasteiger charge is 2.34. The van der Waals surface area contributed by atoms with Crippen molar-refractivity contribution in [2.24, 2.45) is 0 Å². The lowest BCUT2D eigenvalue weighted by molar-refractivity contribution is 0.579. The van der Waals surface area contributed by atoms with Gasteiger partial charge in [0.15, 0.2) is 5.82 Å². The summed E-state index contributed by atoms with van der Waals surface area (Å²) in [5.74, 6) is 0.564. The van der Waals surface area contributed by atoms with Gasteiger partial charge in [0.05, 0.1) is 0 Å². The van der Waals surface area contributed by atoms with Crippen LogP contribution >= 0.6 is 10.7 Å². The van der Waals surface area contributed by atoms with E-state index in [1.54, 1.807) is 4.57 Å². The molecule has 20 heavy (non-hydrogen) atoms. The summed E-state index contributed by atoms with van der Waals surface area (Å²) in [6.07, 6.45) is 2.81. The molecule has 1 aliphatic rings. The summed E-state index contributed by atoms with van der Waals surface area (Å²) in [6.45, 7) is 2.08. The summed E-state index contributed by atoms with van der Waals surface area (Å²) in [5.41, 5.74) is 2.07. The minimum Gasteiger partial charge on any atom is -0.294 e. The van der Waals surface area contributed by atoms with E-state index in [0.717, 1.165) is 24.8 Å². The average Bonchev–Trinajstić information content (AvgIpc) is 3.16. The molecule has 7 heteroatoms. The van der Waals surface area contributed by atoms with Gasteiger partial charge < -0.3 is 0 Å². The van der Waals surface area contributed by atoms with Crippen molar-refractivity contribution in [1.82, 2.24) is 14.8 Å². The van der Waals surface area contributed by atoms with Crippen LogP contribution in [0.5, 0.6) is 0 Å². The van der Waals surface area contributed by atoms with Crippen molar-refractivity contribution in [2.75, 3.05) is 0 Å². The summed E-state index contributed by atoms with van der Waals surface area (Å²) in [7, 11) is 1.56. The molecular weight excluding hydrogens is 298 g/mol. The van der Waals surface area contributed by atoms with Gasteiger partial charge in [0, 0.05) is 22.3 Å². The molecule has 1 saturated carbocycles. The van der Waals surface area contributed by atoms with Crippen molar-refractivity contribution in [2.45, 2.75) is 37.4 Å². The second-order valence-electron chi connectivity index (χ2n) is 4.90. The van der Waals surface area contributed by atoms with Crippen LogP contribution in [0.3, 0.4) is 0 Å². The van der Waals surface area contributed by atoms with Crippen LogP contribution in [-0.2, 0) is 15.5 Å². The zero-order chi connectivity index (χ0) is 14.3. The molecule has 1 aromatic heterocycles. The fraction of sp³-hybridized carbons (Fsp3) is 0.385. The topological polar surface area (TPSA) is 64.8 Å². The molecule has 0 atom stereocenters. The van der Waals surface area contributed by atoms with Crippen LogP contribution in [0.25, 0.3) is 11.4 Å². The van der Waals surface area contributed by atoms with E-state index in [2.05, 4.69) is 17.1 Å². The van der Waals surface area contributed by atoms with Crippen molar-refractivity contribution < 1.29 is 8.42 Å². The van der Waals surface area contributed by atoms with Gasteiger partial charge in [-0.3, -0.25) is 4.57 Å². The second kappa shape index (κ2) is 4.86. The van der Waals surface area contributed by atoms with Crippen molar-refractivity contribution >= 4 is 19.7 Å². The van der Waals surface area contributed by atoms with E-state index in [1.165, 1.54) is 5.56 Å². The lowest BCUT2D eigenvalue weighted by Gasteiger charge is -2.07. The van der Waals surface area contributed by atoms with Gasteiger partial charge in [0.25, 0.3) is 14.2 Å². The highest BCUT2D eigenvalue weighted by Crippen LogP contribution is 2.40. The summed E-state index contributed by atoms with van der Waals surface area (Å²) in [5, 5.41) is 7.62. The third kappa shape index (κ3) is 2.45. The third-order valence-corrected chi connectivity index (χ3v) is 4.54. The predicted molar refractivity (Wildman–Crippen MR) is 76.1 cm³/mol. The number of benzene rings is 1. The van der Waals surface area contributed by atoms with Crippen LogP contribution in [0, 0.1) is 0 Å². The van der Waals surface area contributed by atoms with Gasteiger partial charge in [0.1, 0.15) is 0 Å². The average molecular weight is 312 g/mol. The van der Waals surface area contributed by atoms with Gasteiger partial charge >= 0.3 is 0 Å². The Morgan fingerprint density at radius 1 is 1.25 bits per heavy atom. The number of aromatic nitrogens is 3. The Labute approximate surface area is 122 Å². The number of halogens is 1. The molecule has 2 aromatic rings. The van der Waals surface area contributed by atoms with Crippen LogP contribution in [0.4, 0.5) is 0 Å². The summed E-state index contributed by atoms with van der Waals surface area (Å²) >= 11 is 0. The number of hydrogen-bond donors (Lipinski definition) is 0. The molecule has 0 amide bonds. The molecular formula is C13H14ClN3O2S. The van der Waals surface area contributed by atoms with Gasteiger partial charge in [-0.15, -0.1) is 10.2 Å². The molecule has 1 aliphatic carbocycles. The minimum atomic E-state index is -3.88. The predicted octanol–water partition coefficient (Wildman–Crippen LogP) is 2.77. The van der Waals surface area contributed by atoms with Gasteiger partial charge in [-0.1, -0.05) is 31.2 Å². The van der Waals surface area contributed by atoms with Gasteiger partial charge in [-0.2, -0.15) is 0 Å². The van der Waals surface area contributed by atoms with Crippen LogP contribution in [0.1, 0.15) is 31.4 Å². The molecule has 0 spiro atoms. The van der Waals surface area contributed by atoms with Crippen molar-refractivity contribution in [1.29, 1.82) is 0 Å². The Balaban J connectivity index is 2.11. The molecule has 0 bridgehead atoms. The van der Waals surface area contributed by atoms with Crippen molar-refractivity contribution in [3.05, 3.63) is 29.8 Å². The summed E-state index contributed by atoms with van der Waals surface area (Å²) in [4.78, 5) is 0. The van der Waals surface area contributed by atoms with E-state index in [-0.39, 0.29) is 11.2 Å². The Hall–Kier alpha value is -1.40. The zero-order valence-corrected chi connectivity index (χ0v) is 12.5. The zero-order valence-electron chi connectivity index (χ0n) is 11.0. The first kappa shape index (κ1) is 13.6. The standard InChI is InChI=1S/C13H14ClN3O2S/c1-2-9-3-5-10(6-4-9)12-15-16-13(20(14,18)19)17(12)11-7-8-11/h3-6,11H,2,7-8H2,1H3. The van der Waals surface area contributed by atoms with Gasteiger partial charge in [-0.05, 0) is 24.8 Å². The lowest BCUT2D eigenvalue weighted by atomic mass is 10.1. The number of rotatable bonds is 4. The first-order chi connectivity index (χ1) is 9.50. The maximum atomic E-state index is 11.6. The van der Waals surface area contributed by atoms with Crippen molar-refractivity contribution in [3.8, 4) is 11.4 Å². The molecule has 0 aliphatic heterocycles. The quantitative estimate of drug-likeness (QED) is 0.814. The molecule has 5 nitrogen and oxygen atoms in total.